The molecule has 1 unspecified atom stereocenters. The van der Waals surface area contributed by atoms with Crippen LogP contribution in [0.3, 0.4) is 0 Å². The molecule has 17 heavy (non-hydrogen) atoms. The summed E-state index contributed by atoms with van der Waals surface area (Å²) in [4.78, 5) is 4.70. The van der Waals surface area contributed by atoms with E-state index < -0.39 is 0 Å². The third-order valence-corrected chi connectivity index (χ3v) is 3.70. The van der Waals surface area contributed by atoms with Gasteiger partial charge in [-0.25, -0.2) is 0 Å². The number of alkyl halides is 1. The van der Waals surface area contributed by atoms with E-state index in [0.29, 0.717) is 4.83 Å². The zero-order chi connectivity index (χ0) is 12.3. The lowest BCUT2D eigenvalue weighted by Gasteiger charge is -2.13. The van der Waals surface area contributed by atoms with E-state index in [1.807, 2.05) is 18.3 Å². The topological polar surface area (TPSA) is 12.9 Å². The monoisotopic (exact) mass is 289 g/mol. The Bertz CT molecular complexity index is 494. The highest BCUT2D eigenvalue weighted by molar-refractivity contribution is 9.09. The quantitative estimate of drug-likeness (QED) is 0.765. The van der Waals surface area contributed by atoms with Crippen LogP contribution in [-0.4, -0.2) is 4.98 Å². The van der Waals surface area contributed by atoms with Crippen LogP contribution in [0.15, 0.2) is 42.6 Å². The molecule has 0 N–H and O–H groups in total. The number of nitrogens with zero attached hydrogens (tertiary/aromatic N) is 1. The predicted octanol–water partition coefficient (Wildman–Crippen LogP) is 4.38. The minimum Gasteiger partial charge on any atom is -0.261 e. The van der Waals surface area contributed by atoms with Crippen molar-refractivity contribution in [2.75, 3.05) is 0 Å². The minimum atomic E-state index is 0.331. The zero-order valence-corrected chi connectivity index (χ0v) is 11.7. The fraction of sp³-hybridized carbons (Fsp3) is 0.267. The fourth-order valence-corrected chi connectivity index (χ4v) is 2.73. The van der Waals surface area contributed by atoms with Crippen LogP contribution in [0.25, 0.3) is 0 Å². The molecule has 0 fully saturated rings. The molecule has 2 heteroatoms. The summed E-state index contributed by atoms with van der Waals surface area (Å²) in [5, 5.41) is 0. The molecule has 88 valence electrons. The van der Waals surface area contributed by atoms with Crippen LogP contribution in [0.5, 0.6) is 0 Å². The highest BCUT2D eigenvalue weighted by atomic mass is 79.9. The number of hydrogen-bond acceptors (Lipinski definition) is 1. The summed E-state index contributed by atoms with van der Waals surface area (Å²) >= 11 is 3.77. The summed E-state index contributed by atoms with van der Waals surface area (Å²) in [5.41, 5.74) is 5.11. The second-order valence-corrected chi connectivity index (χ2v) is 5.46. The lowest BCUT2D eigenvalue weighted by atomic mass is 10.0. The van der Waals surface area contributed by atoms with E-state index in [1.165, 1.54) is 16.7 Å². The Morgan fingerprint density at radius 2 is 2.00 bits per heavy atom. The molecule has 0 aliphatic rings. The van der Waals surface area contributed by atoms with Crippen molar-refractivity contribution in [3.63, 3.8) is 0 Å². The zero-order valence-electron chi connectivity index (χ0n) is 10.2. The standard InChI is InChI=1S/C15H16BrN/c1-11-6-7-12(2)14(9-11)15(16)10-13-5-3-4-8-17-13/h3-9,15H,10H2,1-2H3. The summed E-state index contributed by atoms with van der Waals surface area (Å²) in [6.07, 6.45) is 2.77. The molecule has 0 bridgehead atoms. The highest BCUT2D eigenvalue weighted by Gasteiger charge is 2.11. The first-order valence-electron chi connectivity index (χ1n) is 5.78. The van der Waals surface area contributed by atoms with E-state index in [4.69, 9.17) is 0 Å². The Labute approximate surface area is 111 Å². The van der Waals surface area contributed by atoms with Gasteiger partial charge in [-0.2, -0.15) is 0 Å². The summed E-state index contributed by atoms with van der Waals surface area (Å²) < 4.78 is 0. The number of aryl methyl sites for hydroxylation is 2. The molecule has 1 aromatic carbocycles. The van der Waals surface area contributed by atoms with Gasteiger partial charge in [0.25, 0.3) is 0 Å². The molecule has 0 radical (unpaired) electrons. The average molecular weight is 290 g/mol. The van der Waals surface area contributed by atoms with Crippen molar-refractivity contribution in [3.8, 4) is 0 Å². The first kappa shape index (κ1) is 12.3. The van der Waals surface area contributed by atoms with Crippen molar-refractivity contribution in [3.05, 3.63) is 65.0 Å². The molecule has 0 aliphatic carbocycles. The van der Waals surface area contributed by atoms with Crippen molar-refractivity contribution in [2.45, 2.75) is 25.1 Å². The van der Waals surface area contributed by atoms with Gasteiger partial charge in [-0.15, -0.1) is 0 Å². The van der Waals surface area contributed by atoms with Gasteiger partial charge in [-0.1, -0.05) is 45.8 Å². The molecule has 1 atom stereocenters. The minimum absolute atomic E-state index is 0.331. The van der Waals surface area contributed by atoms with Gasteiger partial charge >= 0.3 is 0 Å². The Morgan fingerprint density at radius 1 is 1.18 bits per heavy atom. The Kier molecular flexibility index (Phi) is 3.95. The summed E-state index contributed by atoms with van der Waals surface area (Å²) in [6, 6.07) is 12.6. The van der Waals surface area contributed by atoms with E-state index in [9.17, 15) is 0 Å². The van der Waals surface area contributed by atoms with Crippen molar-refractivity contribution in [2.24, 2.45) is 0 Å². The maximum absolute atomic E-state index is 4.37. The number of rotatable bonds is 3. The van der Waals surface area contributed by atoms with Crippen LogP contribution in [0.2, 0.25) is 0 Å². The van der Waals surface area contributed by atoms with Gasteiger partial charge in [0.15, 0.2) is 0 Å². The Hall–Kier alpha value is -1.15. The third-order valence-electron chi connectivity index (χ3n) is 2.89. The summed E-state index contributed by atoms with van der Waals surface area (Å²) in [5.74, 6) is 0. The molecule has 0 amide bonds. The van der Waals surface area contributed by atoms with Crippen LogP contribution >= 0.6 is 15.9 Å². The van der Waals surface area contributed by atoms with Crippen molar-refractivity contribution in [1.82, 2.24) is 4.98 Å². The number of pyridine rings is 1. The molecule has 1 heterocycles. The second kappa shape index (κ2) is 5.46. The molecule has 2 rings (SSSR count). The Balaban J connectivity index is 2.20. The third kappa shape index (κ3) is 3.16. The predicted molar refractivity (Wildman–Crippen MR) is 75.5 cm³/mol. The fourth-order valence-electron chi connectivity index (χ4n) is 1.91. The molecule has 1 aromatic heterocycles. The maximum Gasteiger partial charge on any atom is 0.0453 e. The molecule has 0 saturated carbocycles. The van der Waals surface area contributed by atoms with Gasteiger partial charge in [0.1, 0.15) is 0 Å². The molecule has 0 spiro atoms. The van der Waals surface area contributed by atoms with Gasteiger partial charge in [-0.3, -0.25) is 4.98 Å². The molecule has 1 nitrogen and oxygen atoms in total. The van der Waals surface area contributed by atoms with Crippen molar-refractivity contribution >= 4 is 15.9 Å². The van der Waals surface area contributed by atoms with Crippen LogP contribution in [-0.2, 0) is 6.42 Å². The van der Waals surface area contributed by atoms with Gasteiger partial charge in [0.05, 0.1) is 0 Å². The normalized spacial score (nSPS) is 12.4. The number of benzene rings is 1. The number of aromatic nitrogens is 1. The summed E-state index contributed by atoms with van der Waals surface area (Å²) in [6.45, 7) is 4.28. The van der Waals surface area contributed by atoms with Gasteiger partial charge in [0.2, 0.25) is 0 Å². The van der Waals surface area contributed by atoms with E-state index >= 15 is 0 Å². The smallest absolute Gasteiger partial charge is 0.0453 e. The van der Waals surface area contributed by atoms with Gasteiger partial charge in [-0.05, 0) is 37.1 Å². The lowest BCUT2D eigenvalue weighted by molar-refractivity contribution is 0.896. The largest absolute Gasteiger partial charge is 0.261 e. The summed E-state index contributed by atoms with van der Waals surface area (Å²) in [7, 11) is 0. The van der Waals surface area contributed by atoms with Crippen molar-refractivity contribution in [1.29, 1.82) is 0 Å². The van der Waals surface area contributed by atoms with Gasteiger partial charge < -0.3 is 0 Å². The maximum atomic E-state index is 4.37. The van der Waals surface area contributed by atoms with Crippen molar-refractivity contribution < 1.29 is 0 Å². The van der Waals surface area contributed by atoms with E-state index in [1.54, 1.807) is 0 Å². The lowest BCUT2D eigenvalue weighted by Crippen LogP contribution is -2.00. The van der Waals surface area contributed by atoms with E-state index in [2.05, 4.69) is 59.0 Å². The van der Waals surface area contributed by atoms with Crippen LogP contribution < -0.4 is 0 Å². The average Bonchev–Trinajstić information content (AvgIpc) is 2.33. The van der Waals surface area contributed by atoms with E-state index in [0.717, 1.165) is 12.1 Å². The number of halogens is 1. The highest BCUT2D eigenvalue weighted by Crippen LogP contribution is 2.29. The van der Waals surface area contributed by atoms with Crippen LogP contribution in [0, 0.1) is 13.8 Å². The molecular weight excluding hydrogens is 274 g/mol. The first-order valence-corrected chi connectivity index (χ1v) is 6.69. The molecular formula is C15H16BrN. The number of hydrogen-bond donors (Lipinski definition) is 0. The first-order chi connectivity index (χ1) is 8.16. The molecule has 0 saturated heterocycles. The van der Waals surface area contributed by atoms with E-state index in [-0.39, 0.29) is 0 Å². The van der Waals surface area contributed by atoms with Gasteiger partial charge in [0, 0.05) is 23.1 Å². The molecule has 0 aliphatic heterocycles. The second-order valence-electron chi connectivity index (χ2n) is 4.35. The van der Waals surface area contributed by atoms with Crippen LogP contribution in [0.4, 0.5) is 0 Å². The van der Waals surface area contributed by atoms with Crippen LogP contribution in [0.1, 0.15) is 27.2 Å². The Morgan fingerprint density at radius 3 is 2.71 bits per heavy atom. The molecule has 2 aromatic rings. The SMILES string of the molecule is Cc1ccc(C)c(C(Br)Cc2ccccn2)c1.